The largest absolute Gasteiger partial charge is 0.309 e. The number of para-hydroxylation sites is 4. The van der Waals surface area contributed by atoms with Gasteiger partial charge in [-0.2, -0.15) is 0 Å². The monoisotopic (exact) mass is 725 g/mol. The third-order valence-corrected chi connectivity index (χ3v) is 11.8. The van der Waals surface area contributed by atoms with Crippen LogP contribution in [0.5, 0.6) is 0 Å². The van der Waals surface area contributed by atoms with Crippen molar-refractivity contribution in [2.45, 2.75) is 0 Å². The second kappa shape index (κ2) is 12.5. The Kier molecular flexibility index (Phi) is 6.93. The summed E-state index contributed by atoms with van der Waals surface area (Å²) < 4.78 is 7.25. The summed E-state index contributed by atoms with van der Waals surface area (Å²) in [4.78, 5) is 0. The van der Waals surface area contributed by atoms with Crippen molar-refractivity contribution >= 4 is 65.4 Å². The maximum atomic E-state index is 2.45. The summed E-state index contributed by atoms with van der Waals surface area (Å²) in [5, 5.41) is 7.58. The van der Waals surface area contributed by atoms with E-state index < -0.39 is 0 Å². The van der Waals surface area contributed by atoms with Gasteiger partial charge < -0.3 is 13.7 Å². The van der Waals surface area contributed by atoms with E-state index >= 15 is 0 Å². The molecule has 0 N–H and O–H groups in total. The van der Waals surface area contributed by atoms with Crippen LogP contribution in [0.1, 0.15) is 0 Å². The Morgan fingerprint density at radius 2 is 0.614 bits per heavy atom. The Hall–Kier alpha value is -7.62. The molecule has 0 fully saturated rings. The summed E-state index contributed by atoms with van der Waals surface area (Å²) >= 11 is 0. The molecule has 0 aliphatic rings. The SMILES string of the molecule is c1ccc(-c2ccc(-n3c4ccccc4c4cc(-c5cccc(-n6c7ccccc7c7c8c9ccccc9n(-c9ccccc9)c8ccc76)c5)ccc43)cc2)cc1. The van der Waals surface area contributed by atoms with E-state index in [1.165, 1.54) is 93.4 Å². The van der Waals surface area contributed by atoms with Crippen LogP contribution in [0.15, 0.2) is 212 Å². The van der Waals surface area contributed by atoms with E-state index in [-0.39, 0.29) is 0 Å². The van der Waals surface area contributed by atoms with E-state index in [4.69, 9.17) is 0 Å². The molecular formula is C54H35N3. The zero-order chi connectivity index (χ0) is 37.5. The molecule has 0 saturated heterocycles. The van der Waals surface area contributed by atoms with Crippen LogP contribution < -0.4 is 0 Å². The van der Waals surface area contributed by atoms with Crippen molar-refractivity contribution in [2.75, 3.05) is 0 Å². The molecule has 3 heterocycles. The Labute approximate surface area is 329 Å². The Morgan fingerprint density at radius 3 is 1.28 bits per heavy atom. The van der Waals surface area contributed by atoms with Crippen LogP contribution in [0, 0.1) is 0 Å². The number of benzene rings is 9. The Bertz CT molecular complexity index is 3490. The molecule has 12 rings (SSSR count). The van der Waals surface area contributed by atoms with E-state index in [9.17, 15) is 0 Å². The molecule has 9 aromatic carbocycles. The maximum Gasteiger partial charge on any atom is 0.0548 e. The second-order valence-electron chi connectivity index (χ2n) is 14.9. The maximum absolute atomic E-state index is 2.45. The number of nitrogens with zero attached hydrogens (tertiary/aromatic N) is 3. The first-order chi connectivity index (χ1) is 28.3. The molecule has 0 aliphatic heterocycles. The summed E-state index contributed by atoms with van der Waals surface area (Å²) in [5.74, 6) is 0. The molecule has 3 aromatic heterocycles. The summed E-state index contributed by atoms with van der Waals surface area (Å²) in [6.45, 7) is 0. The zero-order valence-electron chi connectivity index (χ0n) is 31.0. The molecule has 266 valence electrons. The van der Waals surface area contributed by atoms with Crippen molar-refractivity contribution in [3.63, 3.8) is 0 Å². The first kappa shape index (κ1) is 31.7. The standard InChI is InChI=1S/C54H35N3/c1-3-14-36(15-4-1)37-26-29-41(30-27-37)55-47-23-10-7-20-43(47)46-35-39(28-31-50(46)55)38-16-13-19-42(34-38)57-49-25-12-9-22-45(49)54-52(57)33-32-51-53(54)44-21-8-11-24-48(44)56(51)40-17-5-2-6-18-40/h1-35H. The zero-order valence-corrected chi connectivity index (χ0v) is 31.0. The summed E-state index contributed by atoms with van der Waals surface area (Å²) in [6.07, 6.45) is 0. The summed E-state index contributed by atoms with van der Waals surface area (Å²) in [7, 11) is 0. The Balaban J connectivity index is 1.02. The van der Waals surface area contributed by atoms with Gasteiger partial charge in [-0.15, -0.1) is 0 Å². The molecule has 0 bridgehead atoms. The van der Waals surface area contributed by atoms with Crippen LogP contribution in [-0.2, 0) is 0 Å². The van der Waals surface area contributed by atoms with Crippen molar-refractivity contribution in [3.05, 3.63) is 212 Å². The predicted molar refractivity (Wildman–Crippen MR) is 240 cm³/mol. The molecule has 0 spiro atoms. The van der Waals surface area contributed by atoms with Gasteiger partial charge in [0.1, 0.15) is 0 Å². The Morgan fingerprint density at radius 1 is 0.211 bits per heavy atom. The van der Waals surface area contributed by atoms with Crippen LogP contribution in [0.2, 0.25) is 0 Å². The molecule has 57 heavy (non-hydrogen) atoms. The van der Waals surface area contributed by atoms with E-state index in [0.29, 0.717) is 0 Å². The van der Waals surface area contributed by atoms with Crippen LogP contribution in [0.4, 0.5) is 0 Å². The molecule has 12 aromatic rings. The van der Waals surface area contributed by atoms with Crippen LogP contribution in [-0.4, -0.2) is 13.7 Å². The smallest absolute Gasteiger partial charge is 0.0548 e. The lowest BCUT2D eigenvalue weighted by molar-refractivity contribution is 1.17. The lowest BCUT2D eigenvalue weighted by atomic mass is 10.0. The van der Waals surface area contributed by atoms with Crippen LogP contribution in [0.25, 0.3) is 105 Å². The molecule has 0 aliphatic carbocycles. The van der Waals surface area contributed by atoms with Gasteiger partial charge in [-0.25, -0.2) is 0 Å². The fraction of sp³-hybridized carbons (Fsp3) is 0. The van der Waals surface area contributed by atoms with E-state index in [1.54, 1.807) is 0 Å². The minimum absolute atomic E-state index is 1.14. The fourth-order valence-corrected chi connectivity index (χ4v) is 9.34. The van der Waals surface area contributed by atoms with E-state index in [2.05, 4.69) is 226 Å². The molecule has 0 amide bonds. The van der Waals surface area contributed by atoms with E-state index in [0.717, 1.165) is 11.4 Å². The second-order valence-corrected chi connectivity index (χ2v) is 14.9. The number of aromatic nitrogens is 3. The minimum atomic E-state index is 1.14. The highest BCUT2D eigenvalue weighted by Crippen LogP contribution is 2.43. The van der Waals surface area contributed by atoms with Crippen molar-refractivity contribution < 1.29 is 0 Å². The number of rotatable bonds is 5. The van der Waals surface area contributed by atoms with Gasteiger partial charge in [0.2, 0.25) is 0 Å². The minimum Gasteiger partial charge on any atom is -0.309 e. The number of hydrogen-bond donors (Lipinski definition) is 0. The van der Waals surface area contributed by atoms with Gasteiger partial charge in [0.05, 0.1) is 33.1 Å². The molecule has 3 nitrogen and oxygen atoms in total. The van der Waals surface area contributed by atoms with Crippen molar-refractivity contribution in [2.24, 2.45) is 0 Å². The number of hydrogen-bond acceptors (Lipinski definition) is 0. The van der Waals surface area contributed by atoms with Crippen molar-refractivity contribution in [3.8, 4) is 39.3 Å². The first-order valence-electron chi connectivity index (χ1n) is 19.6. The third kappa shape index (κ3) is 4.79. The highest BCUT2D eigenvalue weighted by molar-refractivity contribution is 6.29. The molecule has 0 saturated carbocycles. The van der Waals surface area contributed by atoms with Gasteiger partial charge in [0.15, 0.2) is 0 Å². The van der Waals surface area contributed by atoms with Crippen molar-refractivity contribution in [1.29, 1.82) is 0 Å². The van der Waals surface area contributed by atoms with Gasteiger partial charge in [0.25, 0.3) is 0 Å². The average Bonchev–Trinajstić information content (AvgIpc) is 3.92. The molecular weight excluding hydrogens is 691 g/mol. The molecule has 0 radical (unpaired) electrons. The van der Waals surface area contributed by atoms with Crippen LogP contribution >= 0.6 is 0 Å². The molecule has 0 atom stereocenters. The normalized spacial score (nSPS) is 11.9. The quantitative estimate of drug-likeness (QED) is 0.168. The van der Waals surface area contributed by atoms with Gasteiger partial charge in [0, 0.05) is 49.4 Å². The summed E-state index contributed by atoms with van der Waals surface area (Å²) in [6, 6.07) is 77.3. The first-order valence-corrected chi connectivity index (χ1v) is 19.6. The lowest BCUT2D eigenvalue weighted by Crippen LogP contribution is -1.95. The fourth-order valence-electron chi connectivity index (χ4n) is 9.34. The van der Waals surface area contributed by atoms with Crippen molar-refractivity contribution in [1.82, 2.24) is 13.7 Å². The lowest BCUT2D eigenvalue weighted by Gasteiger charge is -2.12. The average molecular weight is 726 g/mol. The van der Waals surface area contributed by atoms with Gasteiger partial charge >= 0.3 is 0 Å². The molecule has 3 heteroatoms. The van der Waals surface area contributed by atoms with Crippen LogP contribution in [0.3, 0.4) is 0 Å². The molecule has 0 unspecified atom stereocenters. The predicted octanol–water partition coefficient (Wildman–Crippen LogP) is 14.3. The highest BCUT2D eigenvalue weighted by Gasteiger charge is 2.21. The van der Waals surface area contributed by atoms with E-state index in [1.807, 2.05) is 0 Å². The summed E-state index contributed by atoms with van der Waals surface area (Å²) in [5.41, 5.74) is 15.5. The van der Waals surface area contributed by atoms with Gasteiger partial charge in [-0.05, 0) is 101 Å². The highest BCUT2D eigenvalue weighted by atomic mass is 15.0. The van der Waals surface area contributed by atoms with Gasteiger partial charge in [-0.3, -0.25) is 0 Å². The topological polar surface area (TPSA) is 14.8 Å². The number of fused-ring (bicyclic) bond motifs is 10. The van der Waals surface area contributed by atoms with Gasteiger partial charge in [-0.1, -0.05) is 133 Å². The third-order valence-electron chi connectivity index (χ3n) is 11.8.